The minimum Gasteiger partial charge on any atom is -0.467 e. The van der Waals surface area contributed by atoms with E-state index >= 15 is 0 Å². The van der Waals surface area contributed by atoms with Gasteiger partial charge in [-0.2, -0.15) is 0 Å². The summed E-state index contributed by atoms with van der Waals surface area (Å²) in [4.78, 5) is 9.58. The van der Waals surface area contributed by atoms with E-state index in [0.29, 0.717) is 0 Å². The molecule has 0 bridgehead atoms. The second-order valence-electron chi connectivity index (χ2n) is 0.811. The number of carbonyl (C=O) groups is 1. The van der Waals surface area contributed by atoms with Crippen molar-refractivity contribution in [3.8, 4) is 0 Å². The molecule has 0 N–H and O–H groups in total. The molecule has 0 spiro atoms. The Labute approximate surface area is 50.6 Å². The Morgan fingerprint density at radius 1 is 1.44 bits per heavy atom. The summed E-state index contributed by atoms with van der Waals surface area (Å²) in [6.45, 7) is -2.78. The normalized spacial score (nSPS) is 7.11. The van der Waals surface area contributed by atoms with Crippen molar-refractivity contribution < 1.29 is 22.7 Å². The third kappa shape index (κ3) is 18.9. The van der Waals surface area contributed by atoms with Crippen LogP contribution in [0.4, 0.5) is 13.2 Å². The van der Waals surface area contributed by atoms with Crippen LogP contribution in [0.15, 0.2) is 0 Å². The molecule has 0 heterocycles. The van der Waals surface area contributed by atoms with Crippen molar-refractivity contribution in [3.63, 3.8) is 0 Å². The van der Waals surface area contributed by atoms with Gasteiger partial charge in [0.2, 0.25) is 6.93 Å². The predicted molar refractivity (Wildman–Crippen MR) is 25.1 cm³/mol. The molecule has 2 nitrogen and oxygen atoms in total. The average molecular weight is 144 g/mol. The number of esters is 1. The lowest BCUT2D eigenvalue weighted by atomic mass is 10.8. The summed E-state index contributed by atoms with van der Waals surface area (Å²) in [5.41, 5.74) is 0. The molecule has 0 saturated carbocycles. The van der Waals surface area contributed by atoms with Crippen molar-refractivity contribution in [3.05, 3.63) is 0 Å². The zero-order valence-corrected chi connectivity index (χ0v) is 4.86. The van der Waals surface area contributed by atoms with Gasteiger partial charge >= 0.3 is 5.97 Å². The molecular formula is C4H7F3O2. The molecule has 0 radical (unpaired) electrons. The van der Waals surface area contributed by atoms with E-state index in [9.17, 15) is 18.0 Å². The molecule has 0 aliphatic carbocycles. The van der Waals surface area contributed by atoms with E-state index in [1.54, 1.807) is 0 Å². The van der Waals surface area contributed by atoms with E-state index in [4.69, 9.17) is 0 Å². The maximum Gasteiger partial charge on any atom is 0.337 e. The summed E-state index contributed by atoms with van der Waals surface area (Å²) in [7, 11) is 1.14. The van der Waals surface area contributed by atoms with Gasteiger partial charge in [-0.05, 0) is 0 Å². The molecule has 5 heteroatoms. The van der Waals surface area contributed by atoms with Crippen LogP contribution in [0.3, 0.4) is 0 Å². The average Bonchev–Trinajstić information content (AvgIpc) is 1.88. The van der Waals surface area contributed by atoms with Crippen molar-refractivity contribution in [1.82, 2.24) is 0 Å². The summed E-state index contributed by atoms with van der Waals surface area (Å²) in [6, 6.07) is 0. The van der Waals surface area contributed by atoms with Gasteiger partial charge in [0.25, 0.3) is 0 Å². The monoisotopic (exact) mass is 144 g/mol. The van der Waals surface area contributed by atoms with Crippen LogP contribution in [0.1, 0.15) is 0 Å². The lowest BCUT2D eigenvalue weighted by Crippen LogP contribution is -2.00. The molecule has 9 heavy (non-hydrogen) atoms. The van der Waals surface area contributed by atoms with Crippen molar-refractivity contribution in [1.29, 1.82) is 0 Å². The number of methoxy groups -OCH3 is 1. The topological polar surface area (TPSA) is 26.3 Å². The Kier molecular flexibility index (Phi) is 12.7. The molecule has 0 unspecified atom stereocenters. The van der Waals surface area contributed by atoms with Gasteiger partial charge in [0.1, 0.15) is 0 Å². The Morgan fingerprint density at radius 3 is 1.78 bits per heavy atom. The molecule has 0 aliphatic heterocycles. The number of carbonyl (C=O) groups excluding carboxylic acids is 1. The van der Waals surface area contributed by atoms with Crippen LogP contribution in [0, 0.1) is 0 Å². The number of hydrogen-bond acceptors (Lipinski definition) is 2. The molecule has 0 aliphatic rings. The van der Waals surface area contributed by atoms with Gasteiger partial charge in [-0.3, -0.25) is 0 Å². The molecule has 0 fully saturated rings. The number of rotatable bonds is 1. The maximum atomic E-state index is 10.9. The SMILES string of the molecule is COC(=O)CF.FCF. The molecule has 0 amide bonds. The van der Waals surface area contributed by atoms with Crippen molar-refractivity contribution in [2.75, 3.05) is 20.7 Å². The first-order chi connectivity index (χ1) is 4.22. The highest BCUT2D eigenvalue weighted by Gasteiger charge is 1.91. The Hall–Kier alpha value is -0.740. The van der Waals surface area contributed by atoms with Crippen LogP contribution in [-0.4, -0.2) is 26.7 Å². The largest absolute Gasteiger partial charge is 0.467 e. The lowest BCUT2D eigenvalue weighted by Gasteiger charge is -1.85. The van der Waals surface area contributed by atoms with Gasteiger partial charge in [0.05, 0.1) is 7.11 Å². The Morgan fingerprint density at radius 2 is 1.78 bits per heavy atom. The van der Waals surface area contributed by atoms with Gasteiger partial charge in [0.15, 0.2) is 6.67 Å². The molecule has 0 saturated heterocycles. The van der Waals surface area contributed by atoms with Crippen LogP contribution in [-0.2, 0) is 9.53 Å². The summed E-state index contributed by atoms with van der Waals surface area (Å²) >= 11 is 0. The van der Waals surface area contributed by atoms with Gasteiger partial charge < -0.3 is 4.74 Å². The standard InChI is InChI=1S/C3H5FO2.CH2F2/c1-6-3(5)2-4;2-1-3/h2H2,1H3;1H2. The summed E-state index contributed by atoms with van der Waals surface area (Å²) in [6.07, 6.45) is 0. The summed E-state index contributed by atoms with van der Waals surface area (Å²) in [5, 5.41) is 0. The molecule has 0 aromatic rings. The molecule has 0 aromatic carbocycles. The predicted octanol–water partition coefficient (Wildman–Crippen LogP) is 1.01. The molecule has 0 atom stereocenters. The summed E-state index contributed by atoms with van der Waals surface area (Å²) in [5.74, 6) is -0.824. The molecule has 56 valence electrons. The minimum atomic E-state index is -1.75. The second kappa shape index (κ2) is 10.3. The first kappa shape index (κ1) is 11.1. The highest BCUT2D eigenvalue weighted by Crippen LogP contribution is 1.70. The minimum absolute atomic E-state index is 0.824. The fourth-order valence-electron chi connectivity index (χ4n) is 0.0546. The van der Waals surface area contributed by atoms with Crippen molar-refractivity contribution in [2.24, 2.45) is 0 Å². The quantitative estimate of drug-likeness (QED) is 0.513. The van der Waals surface area contributed by atoms with E-state index < -0.39 is 19.6 Å². The fraction of sp³-hybridized carbons (Fsp3) is 0.750. The first-order valence-electron chi connectivity index (χ1n) is 1.97. The van der Waals surface area contributed by atoms with Gasteiger partial charge in [-0.1, -0.05) is 0 Å². The molecule has 0 aromatic heterocycles. The number of halogens is 3. The highest BCUT2D eigenvalue weighted by molar-refractivity contribution is 5.70. The number of hydrogen-bond donors (Lipinski definition) is 0. The Balaban J connectivity index is 0. The van der Waals surface area contributed by atoms with Crippen molar-refractivity contribution in [2.45, 2.75) is 0 Å². The lowest BCUT2D eigenvalue weighted by molar-refractivity contribution is -0.141. The zero-order chi connectivity index (χ0) is 7.70. The van der Waals surface area contributed by atoms with E-state index in [0.717, 1.165) is 7.11 Å². The maximum absolute atomic E-state index is 10.9. The summed E-state index contributed by atoms with van der Waals surface area (Å²) < 4.78 is 34.0. The van der Waals surface area contributed by atoms with Crippen LogP contribution in [0.2, 0.25) is 0 Å². The zero-order valence-electron chi connectivity index (χ0n) is 4.86. The van der Waals surface area contributed by atoms with Crippen LogP contribution in [0.5, 0.6) is 0 Å². The van der Waals surface area contributed by atoms with Gasteiger partial charge in [-0.25, -0.2) is 18.0 Å². The van der Waals surface area contributed by atoms with E-state index in [1.807, 2.05) is 0 Å². The van der Waals surface area contributed by atoms with Crippen molar-refractivity contribution >= 4 is 5.97 Å². The third-order valence-electron chi connectivity index (χ3n) is 0.337. The first-order valence-corrected chi connectivity index (χ1v) is 1.97. The Bertz CT molecular complexity index is 60.8. The fourth-order valence-corrected chi connectivity index (χ4v) is 0.0546. The highest BCUT2D eigenvalue weighted by atomic mass is 19.3. The molecular weight excluding hydrogens is 137 g/mol. The van der Waals surface area contributed by atoms with Crippen LogP contribution >= 0.6 is 0 Å². The molecule has 0 rings (SSSR count). The van der Waals surface area contributed by atoms with Gasteiger partial charge in [0, 0.05) is 0 Å². The van der Waals surface area contributed by atoms with E-state index in [2.05, 4.69) is 4.74 Å². The van der Waals surface area contributed by atoms with Crippen LogP contribution < -0.4 is 0 Å². The van der Waals surface area contributed by atoms with E-state index in [-0.39, 0.29) is 0 Å². The van der Waals surface area contributed by atoms with Gasteiger partial charge in [-0.15, -0.1) is 0 Å². The smallest absolute Gasteiger partial charge is 0.337 e. The second-order valence-corrected chi connectivity index (χ2v) is 0.811. The third-order valence-corrected chi connectivity index (χ3v) is 0.337. The number of ether oxygens (including phenoxy) is 1. The van der Waals surface area contributed by atoms with E-state index in [1.165, 1.54) is 0 Å². The number of alkyl halides is 3. The van der Waals surface area contributed by atoms with Crippen LogP contribution in [0.25, 0.3) is 0 Å².